The SMILES string of the molecule is CC(C)OP(C)(=O)OC1C(O)C[CH-]CC1COC(C)(C)C.CC(C)OP(C)(=O)OC1CC(O)[CH-]CC1COC(C)(C)C.CC(C)OP(C)(=O)OC1CC(O)[CH-]CC1COC(C)(C)C.CC(C)OP(C)(=O)OC1CC[CH-]CC1COC(C)(C)C.[Ba+2].[Ba+2].[Ba+2].[Ba+2].[H-].[H-].[H-].[H-]. The molecule has 0 amide bonds. The molecule has 0 heterocycles. The van der Waals surface area contributed by atoms with Crippen molar-refractivity contribution in [1.29, 1.82) is 0 Å². The van der Waals surface area contributed by atoms with Crippen LogP contribution in [-0.2, 0) is 73.4 Å². The Bertz CT molecular complexity index is 1950. The molecule has 0 bridgehead atoms. The van der Waals surface area contributed by atoms with Crippen molar-refractivity contribution >= 4 is 226 Å². The Morgan fingerprint density at radius 2 is 0.690 bits per heavy atom. The Morgan fingerprint density at radius 3 is 1.00 bits per heavy atom. The first kappa shape index (κ1) is 100.0. The van der Waals surface area contributed by atoms with Crippen LogP contribution in [0, 0.1) is 49.4 Å². The number of ether oxygens (including phenoxy) is 4. The first-order valence-corrected chi connectivity index (χ1v) is 38.2. The topological polar surface area (TPSA) is 240 Å². The minimum Gasteiger partial charge on any atom is -1.00 e. The molecule has 0 aromatic carbocycles. The van der Waals surface area contributed by atoms with Gasteiger partial charge in [-0.15, -0.1) is 0 Å². The summed E-state index contributed by atoms with van der Waals surface area (Å²) in [6.07, 6.45) is 10.9. The predicted octanol–water partition coefficient (Wildman–Crippen LogP) is 13.6. The maximum Gasteiger partial charge on any atom is 2.00 e. The molecule has 4 fully saturated rings. The zero-order chi connectivity index (χ0) is 64.2. The number of aliphatic hydroxyl groups is 3. The van der Waals surface area contributed by atoms with E-state index in [1.54, 1.807) is 6.66 Å². The normalized spacial score (nSPS) is 28.3. The van der Waals surface area contributed by atoms with E-state index < -0.39 is 54.8 Å². The van der Waals surface area contributed by atoms with Crippen molar-refractivity contribution in [3.8, 4) is 0 Å². The van der Waals surface area contributed by atoms with Crippen LogP contribution in [0.15, 0.2) is 0 Å². The van der Waals surface area contributed by atoms with Gasteiger partial charge in [0, 0.05) is 26.7 Å². The van der Waals surface area contributed by atoms with E-state index in [1.807, 2.05) is 158 Å². The van der Waals surface area contributed by atoms with Crippen molar-refractivity contribution in [2.24, 2.45) is 23.7 Å². The van der Waals surface area contributed by atoms with Crippen molar-refractivity contribution in [1.82, 2.24) is 0 Å². The van der Waals surface area contributed by atoms with Crippen LogP contribution in [0.4, 0.5) is 0 Å². The average molecular weight is 1820 g/mol. The largest absolute Gasteiger partial charge is 2.00 e. The smallest absolute Gasteiger partial charge is 1.00 e. The summed E-state index contributed by atoms with van der Waals surface area (Å²) in [4.78, 5) is 0. The Labute approximate surface area is 697 Å². The van der Waals surface area contributed by atoms with E-state index in [9.17, 15) is 33.6 Å². The summed E-state index contributed by atoms with van der Waals surface area (Å²) < 4.78 is 117. The van der Waals surface area contributed by atoms with E-state index in [0.717, 1.165) is 25.7 Å². The van der Waals surface area contributed by atoms with E-state index >= 15 is 0 Å². The van der Waals surface area contributed by atoms with Crippen LogP contribution in [0.1, 0.15) is 202 Å². The minimum atomic E-state index is -3.19. The number of hydrogen-bond donors (Lipinski definition) is 3. The van der Waals surface area contributed by atoms with Crippen molar-refractivity contribution in [3.63, 3.8) is 0 Å². The number of rotatable bonds is 24. The third kappa shape index (κ3) is 51.4. The average Bonchev–Trinajstić information content (AvgIpc) is 3.25. The summed E-state index contributed by atoms with van der Waals surface area (Å²) in [6.45, 7) is 46.8. The molecule has 27 heteroatoms. The number of hydrogen-bond acceptors (Lipinski definition) is 19. The Kier molecular flexibility index (Phi) is 54.0. The maximum atomic E-state index is 12.4. The third-order valence-electron chi connectivity index (χ3n) is 12.6. The fraction of sp³-hybridized carbons (Fsp3) is 0.933. The van der Waals surface area contributed by atoms with Crippen molar-refractivity contribution in [2.75, 3.05) is 53.1 Å². The molecular weight excluding hydrogens is 1700 g/mol. The van der Waals surface area contributed by atoms with E-state index in [1.165, 1.54) is 20.0 Å². The van der Waals surface area contributed by atoms with Crippen molar-refractivity contribution in [3.05, 3.63) is 25.7 Å². The van der Waals surface area contributed by atoms with Crippen LogP contribution < -0.4 is 0 Å². The van der Waals surface area contributed by atoms with Crippen molar-refractivity contribution in [2.45, 2.75) is 286 Å². The van der Waals surface area contributed by atoms with Gasteiger partial charge in [-0.25, -0.2) is 0 Å². The van der Waals surface area contributed by atoms with Gasteiger partial charge in [0.2, 0.25) is 0 Å². The second kappa shape index (κ2) is 47.0. The van der Waals surface area contributed by atoms with Gasteiger partial charge in [0.05, 0.1) is 104 Å². The van der Waals surface area contributed by atoms with Crippen LogP contribution in [-0.4, -0.2) is 353 Å². The summed E-state index contributed by atoms with van der Waals surface area (Å²) in [5.41, 5.74) is -0.875. The summed E-state index contributed by atoms with van der Waals surface area (Å²) in [5, 5.41) is 29.8. The Morgan fingerprint density at radius 1 is 0.414 bits per heavy atom. The molecule has 0 saturated heterocycles. The first-order chi connectivity index (χ1) is 37.6. The monoisotopic (exact) mass is 1820 g/mol. The molecule has 0 spiro atoms. The quantitative estimate of drug-likeness (QED) is 0.0462. The van der Waals surface area contributed by atoms with E-state index in [0.29, 0.717) is 58.5 Å². The molecule has 87 heavy (non-hydrogen) atoms. The number of aliphatic hydroxyl groups excluding tert-OH is 3. The Hall–Kier alpha value is 6.61. The van der Waals surface area contributed by atoms with E-state index in [4.69, 9.17) is 55.1 Å². The maximum absolute atomic E-state index is 12.4. The van der Waals surface area contributed by atoms with Gasteiger partial charge in [-0.3, -0.25) is 31.1 Å². The summed E-state index contributed by atoms with van der Waals surface area (Å²) in [5.74, 6) is 0.400. The summed E-state index contributed by atoms with van der Waals surface area (Å²) in [6, 6.07) is 0. The third-order valence-corrected chi connectivity index (χ3v) is 18.4. The molecule has 4 aliphatic carbocycles. The van der Waals surface area contributed by atoms with Gasteiger partial charge in [0.1, 0.15) is 0 Å². The molecule has 0 aromatic rings. The molecular formula is C60H124Ba4O19P4. The fourth-order valence-electron chi connectivity index (χ4n) is 9.35. The fourth-order valence-corrected chi connectivity index (χ4v) is 15.6. The van der Waals surface area contributed by atoms with Crippen LogP contribution in [0.5, 0.6) is 0 Å². The van der Waals surface area contributed by atoms with E-state index in [2.05, 4.69) is 6.42 Å². The Balaban J connectivity index is -0.000000163. The van der Waals surface area contributed by atoms with Crippen LogP contribution in [0.3, 0.4) is 0 Å². The summed E-state index contributed by atoms with van der Waals surface area (Å²) >= 11 is 0. The minimum absolute atomic E-state index is 0. The standard InChI is InChI=1S/3C15H30O5P.C15H30O4P.4Ba.4H/c2*1-11(2)19-21(6,17)20-14-9-13(16)8-7-12(14)10-18-15(3,4)5;1-11(2)19-21(6,17)20-14-12(8-7-9-13(14)16)10-18-15(3,4)5;1-12(2)18-20(6,16)19-14-10-8-7-9-13(14)11-17-15(3,4)5;;;;;;;;/h2*8,11-14,16H,7,9-10H2,1-6H3;7,11-14,16H,8-10H2,1-6H3;7,12-14H,8-11H2,1-6H3;;;;;;;;/q4*-1;4*+2;4*-1. The second-order valence-corrected chi connectivity index (χ2v) is 35.8. The zero-order valence-electron chi connectivity index (χ0n) is 62.7. The second-order valence-electron chi connectivity index (χ2n) is 27.9. The van der Waals surface area contributed by atoms with Gasteiger partial charge >= 0.3 is 226 Å². The molecule has 506 valence electrons. The molecule has 3 N–H and O–H groups in total. The van der Waals surface area contributed by atoms with Crippen LogP contribution in [0.2, 0.25) is 0 Å². The molecule has 0 radical (unpaired) electrons. The molecule has 0 aromatic heterocycles. The molecule has 0 aliphatic heterocycles. The molecule has 15 unspecified atom stereocenters. The van der Waals surface area contributed by atoms with Gasteiger partial charge in [0.15, 0.2) is 0 Å². The molecule has 15 atom stereocenters. The van der Waals surface area contributed by atoms with Crippen LogP contribution >= 0.6 is 30.4 Å². The molecule has 19 nitrogen and oxygen atoms in total. The van der Waals surface area contributed by atoms with Gasteiger partial charge in [-0.1, -0.05) is 18.6 Å². The van der Waals surface area contributed by atoms with Gasteiger partial charge in [0.25, 0.3) is 0 Å². The van der Waals surface area contributed by atoms with Crippen LogP contribution in [0.25, 0.3) is 0 Å². The van der Waals surface area contributed by atoms with Gasteiger partial charge < -0.3 is 89.0 Å². The first-order valence-electron chi connectivity index (χ1n) is 30.2. The molecule has 4 saturated carbocycles. The van der Waals surface area contributed by atoms with Gasteiger partial charge in [-0.05, 0) is 175 Å². The zero-order valence-corrected chi connectivity index (χ0v) is 80.0. The molecule has 4 rings (SSSR count). The molecule has 4 aliphatic rings. The predicted molar refractivity (Wildman–Crippen MR) is 360 cm³/mol. The van der Waals surface area contributed by atoms with E-state index in [-0.39, 0.29) is 290 Å². The van der Waals surface area contributed by atoms with Gasteiger partial charge in [-0.2, -0.15) is 38.5 Å². The summed E-state index contributed by atoms with van der Waals surface area (Å²) in [7, 11) is -12.4. The van der Waals surface area contributed by atoms with Crippen molar-refractivity contribution < 1.29 is 94.4 Å².